The Morgan fingerprint density at radius 3 is 2.96 bits per heavy atom. The van der Waals surface area contributed by atoms with E-state index in [4.69, 9.17) is 11.6 Å². The number of halogens is 1. The highest BCUT2D eigenvalue weighted by atomic mass is 35.5. The smallest absolute Gasteiger partial charge is 0.260 e. The summed E-state index contributed by atoms with van der Waals surface area (Å²) < 4.78 is 0. The Labute approximate surface area is 146 Å². The maximum absolute atomic E-state index is 12.5. The maximum atomic E-state index is 12.5. The Kier molecular flexibility index (Phi) is 3.79. The number of hydrogen-bond donors (Lipinski definition) is 4. The van der Waals surface area contributed by atoms with E-state index in [9.17, 15) is 9.90 Å². The Balaban J connectivity index is 1.92. The average Bonchev–Trinajstić information content (AvgIpc) is 2.93. The van der Waals surface area contributed by atoms with Crippen molar-refractivity contribution >= 4 is 34.3 Å². The van der Waals surface area contributed by atoms with Crippen molar-refractivity contribution in [2.24, 2.45) is 0 Å². The number of nitrogens with one attached hydrogen (secondary N) is 3. The molecule has 0 bridgehead atoms. The van der Waals surface area contributed by atoms with Gasteiger partial charge in [0.15, 0.2) is 5.16 Å². The van der Waals surface area contributed by atoms with Crippen molar-refractivity contribution in [3.8, 4) is 5.88 Å². The van der Waals surface area contributed by atoms with Crippen LogP contribution >= 0.6 is 23.4 Å². The van der Waals surface area contributed by atoms with Gasteiger partial charge in [0, 0.05) is 28.2 Å². The standard InChI is InChI=1S/C16H15ClN4O2S/c1-24-16-20-14(22)11(15(23)21-16)13-12-8(4-5-18-13)9-6-7(17)2-3-10(9)19-12/h2-3,6,13,18-19H,4-5H2,1H3,(H2,20,21,22,23). The molecule has 0 aliphatic carbocycles. The van der Waals surface area contributed by atoms with Crippen molar-refractivity contribution in [3.05, 3.63) is 50.4 Å². The summed E-state index contributed by atoms with van der Waals surface area (Å²) in [6.45, 7) is 0.695. The molecule has 1 aliphatic heterocycles. The zero-order valence-corrected chi connectivity index (χ0v) is 14.4. The molecule has 1 aliphatic rings. The zero-order valence-electron chi connectivity index (χ0n) is 12.8. The summed E-state index contributed by atoms with van der Waals surface area (Å²) in [5, 5.41) is 15.7. The Bertz CT molecular complexity index is 998. The minimum atomic E-state index is -0.438. The van der Waals surface area contributed by atoms with Gasteiger partial charge in [-0.05, 0) is 36.4 Å². The van der Waals surface area contributed by atoms with E-state index in [2.05, 4.69) is 20.3 Å². The van der Waals surface area contributed by atoms with E-state index in [1.165, 1.54) is 11.8 Å². The fraction of sp³-hybridized carbons (Fsp3) is 0.250. The summed E-state index contributed by atoms with van der Waals surface area (Å²) in [6, 6.07) is 5.24. The molecule has 0 saturated heterocycles. The molecule has 24 heavy (non-hydrogen) atoms. The van der Waals surface area contributed by atoms with Gasteiger partial charge >= 0.3 is 0 Å². The summed E-state index contributed by atoms with van der Waals surface area (Å²) in [5.74, 6) is -0.245. The van der Waals surface area contributed by atoms with Gasteiger partial charge in [-0.1, -0.05) is 23.4 Å². The van der Waals surface area contributed by atoms with Gasteiger partial charge in [0.2, 0.25) is 5.88 Å². The molecule has 124 valence electrons. The van der Waals surface area contributed by atoms with Gasteiger partial charge < -0.3 is 20.4 Å². The number of fused-ring (bicyclic) bond motifs is 3. The number of hydrogen-bond acceptors (Lipinski definition) is 5. The SMILES string of the molecule is CSc1nc(O)c(C2NCCc3c2[nH]c2ccc(Cl)cc32)c(=O)[nH]1. The zero-order chi connectivity index (χ0) is 16.8. The summed E-state index contributed by atoms with van der Waals surface area (Å²) in [5.41, 5.74) is 2.84. The van der Waals surface area contributed by atoms with Crippen LogP contribution in [0.3, 0.4) is 0 Å². The van der Waals surface area contributed by atoms with Crippen LogP contribution in [0, 0.1) is 0 Å². The third-order valence-corrected chi connectivity index (χ3v) is 5.12. The van der Waals surface area contributed by atoms with Gasteiger partial charge in [-0.2, -0.15) is 4.98 Å². The second-order valence-electron chi connectivity index (χ2n) is 5.66. The molecule has 4 N–H and O–H groups in total. The maximum Gasteiger partial charge on any atom is 0.260 e. The first kappa shape index (κ1) is 15.6. The van der Waals surface area contributed by atoms with Crippen LogP contribution in [-0.4, -0.2) is 32.9 Å². The molecule has 0 fully saturated rings. The Morgan fingerprint density at radius 2 is 2.21 bits per heavy atom. The molecule has 1 unspecified atom stereocenters. The monoisotopic (exact) mass is 362 g/mol. The van der Waals surface area contributed by atoms with E-state index < -0.39 is 6.04 Å². The fourth-order valence-corrected chi connectivity index (χ4v) is 3.80. The van der Waals surface area contributed by atoms with E-state index in [-0.39, 0.29) is 17.0 Å². The molecule has 2 aromatic heterocycles. The Hall–Kier alpha value is -1.96. The molecule has 4 rings (SSSR count). The minimum Gasteiger partial charge on any atom is -0.493 e. The van der Waals surface area contributed by atoms with E-state index in [0.29, 0.717) is 16.7 Å². The van der Waals surface area contributed by atoms with Crippen LogP contribution in [0.4, 0.5) is 0 Å². The Morgan fingerprint density at radius 1 is 1.38 bits per heavy atom. The lowest BCUT2D eigenvalue weighted by atomic mass is 9.95. The first-order chi connectivity index (χ1) is 11.6. The lowest BCUT2D eigenvalue weighted by molar-refractivity contribution is 0.421. The fourth-order valence-electron chi connectivity index (χ4n) is 3.25. The summed E-state index contributed by atoms with van der Waals surface area (Å²) >= 11 is 7.39. The van der Waals surface area contributed by atoms with E-state index in [1.807, 2.05) is 18.2 Å². The lowest BCUT2D eigenvalue weighted by Crippen LogP contribution is -2.34. The first-order valence-corrected chi connectivity index (χ1v) is 9.09. The van der Waals surface area contributed by atoms with Gasteiger partial charge in [-0.25, -0.2) is 0 Å². The van der Waals surface area contributed by atoms with Crippen LogP contribution in [0.2, 0.25) is 5.02 Å². The molecule has 0 amide bonds. The van der Waals surface area contributed by atoms with E-state index >= 15 is 0 Å². The second kappa shape index (κ2) is 5.84. The molecule has 1 aromatic carbocycles. The number of aromatic nitrogens is 3. The predicted octanol–water partition coefficient (Wildman–Crippen LogP) is 2.57. The highest BCUT2D eigenvalue weighted by Crippen LogP contribution is 2.35. The van der Waals surface area contributed by atoms with Gasteiger partial charge in [0.25, 0.3) is 5.56 Å². The van der Waals surface area contributed by atoms with Gasteiger partial charge in [-0.3, -0.25) is 4.79 Å². The molecule has 8 heteroatoms. The number of aromatic amines is 2. The van der Waals surface area contributed by atoms with Crippen molar-refractivity contribution in [1.82, 2.24) is 20.3 Å². The van der Waals surface area contributed by atoms with Crippen molar-refractivity contribution < 1.29 is 5.11 Å². The largest absolute Gasteiger partial charge is 0.493 e. The number of aromatic hydroxyl groups is 1. The van der Waals surface area contributed by atoms with Gasteiger partial charge in [0.1, 0.15) is 5.56 Å². The average molecular weight is 363 g/mol. The highest BCUT2D eigenvalue weighted by Gasteiger charge is 2.30. The molecule has 0 radical (unpaired) electrons. The number of thioether (sulfide) groups is 1. The summed E-state index contributed by atoms with van der Waals surface area (Å²) in [7, 11) is 0. The normalized spacial score (nSPS) is 17.2. The number of nitrogens with zero attached hydrogens (tertiary/aromatic N) is 1. The second-order valence-corrected chi connectivity index (χ2v) is 6.89. The third-order valence-electron chi connectivity index (χ3n) is 4.31. The molecule has 3 aromatic rings. The van der Waals surface area contributed by atoms with E-state index in [0.717, 1.165) is 28.6 Å². The molecular formula is C16H15ClN4O2S. The summed E-state index contributed by atoms with van der Waals surface area (Å²) in [4.78, 5) is 22.6. The van der Waals surface area contributed by atoms with Crippen LogP contribution in [0.1, 0.15) is 22.9 Å². The van der Waals surface area contributed by atoms with Crippen LogP contribution < -0.4 is 10.9 Å². The number of H-pyrrole nitrogens is 2. The lowest BCUT2D eigenvalue weighted by Gasteiger charge is -2.24. The molecule has 0 saturated carbocycles. The van der Waals surface area contributed by atoms with Crippen molar-refractivity contribution in [1.29, 1.82) is 0 Å². The molecule has 0 spiro atoms. The van der Waals surface area contributed by atoms with Crippen molar-refractivity contribution in [3.63, 3.8) is 0 Å². The minimum absolute atomic E-state index is 0.228. The van der Waals surface area contributed by atoms with Crippen LogP contribution in [-0.2, 0) is 6.42 Å². The van der Waals surface area contributed by atoms with Gasteiger partial charge in [-0.15, -0.1) is 0 Å². The summed E-state index contributed by atoms with van der Waals surface area (Å²) in [6.07, 6.45) is 2.61. The van der Waals surface area contributed by atoms with E-state index in [1.54, 1.807) is 6.26 Å². The molecule has 3 heterocycles. The molecule has 1 atom stereocenters. The first-order valence-electron chi connectivity index (χ1n) is 7.49. The van der Waals surface area contributed by atoms with Crippen LogP contribution in [0.25, 0.3) is 10.9 Å². The topological polar surface area (TPSA) is 93.8 Å². The highest BCUT2D eigenvalue weighted by molar-refractivity contribution is 7.98. The van der Waals surface area contributed by atoms with Crippen LogP contribution in [0.15, 0.2) is 28.2 Å². The third kappa shape index (κ3) is 2.40. The molecule has 6 nitrogen and oxygen atoms in total. The van der Waals surface area contributed by atoms with Crippen molar-refractivity contribution in [2.45, 2.75) is 17.6 Å². The van der Waals surface area contributed by atoms with Crippen molar-refractivity contribution in [2.75, 3.05) is 12.8 Å². The molecular weight excluding hydrogens is 348 g/mol. The van der Waals surface area contributed by atoms with Gasteiger partial charge in [0.05, 0.1) is 6.04 Å². The number of benzene rings is 1. The predicted molar refractivity (Wildman–Crippen MR) is 95.2 cm³/mol. The van der Waals surface area contributed by atoms with Crippen LogP contribution in [0.5, 0.6) is 5.88 Å². The quantitative estimate of drug-likeness (QED) is 0.415. The number of rotatable bonds is 2.